The average molecular weight is 506 g/mol. The van der Waals surface area contributed by atoms with Gasteiger partial charge in [0.1, 0.15) is 23.5 Å². The van der Waals surface area contributed by atoms with Gasteiger partial charge in [-0.05, 0) is 18.4 Å². The van der Waals surface area contributed by atoms with Crippen LogP contribution in [0, 0.1) is 12.3 Å². The molecule has 0 spiro atoms. The summed E-state index contributed by atoms with van der Waals surface area (Å²) in [6, 6.07) is 7.06. The van der Waals surface area contributed by atoms with Gasteiger partial charge in [-0.3, -0.25) is 0 Å². The van der Waals surface area contributed by atoms with Crippen LogP contribution in [0.2, 0.25) is 0 Å². The molecule has 0 amide bonds. The summed E-state index contributed by atoms with van der Waals surface area (Å²) in [5.74, 6) is 4.41. The molecular formula is C26H22F3N7O. The zero-order valence-corrected chi connectivity index (χ0v) is 20.0. The summed E-state index contributed by atoms with van der Waals surface area (Å²) in [6.45, 7) is 0.373. The molecule has 1 N–H and O–H groups in total. The Kier molecular flexibility index (Phi) is 6.25. The van der Waals surface area contributed by atoms with Gasteiger partial charge >= 0.3 is 6.18 Å². The average Bonchev–Trinajstić information content (AvgIpc) is 3.67. The lowest BCUT2D eigenvalue weighted by atomic mass is 10.1. The van der Waals surface area contributed by atoms with Gasteiger partial charge in [0.15, 0.2) is 11.5 Å². The topological polar surface area (TPSA) is 90.6 Å². The highest BCUT2D eigenvalue weighted by atomic mass is 19.4. The van der Waals surface area contributed by atoms with Gasteiger partial charge in [0.25, 0.3) is 0 Å². The fraction of sp³-hybridized carbons (Fsp3) is 0.269. The number of aryl methyl sites for hydroxylation is 1. The van der Waals surface area contributed by atoms with E-state index in [4.69, 9.17) is 11.2 Å². The minimum absolute atomic E-state index is 0.229. The lowest BCUT2D eigenvalue weighted by Crippen LogP contribution is -2.07. The van der Waals surface area contributed by atoms with Crippen molar-refractivity contribution >= 4 is 5.82 Å². The number of hydrogen-bond acceptors (Lipinski definition) is 7. The number of methoxy groups -OCH3 is 1. The van der Waals surface area contributed by atoms with Gasteiger partial charge in [-0.15, -0.1) is 6.42 Å². The van der Waals surface area contributed by atoms with Crippen LogP contribution >= 0.6 is 0 Å². The van der Waals surface area contributed by atoms with E-state index in [1.807, 2.05) is 0 Å². The van der Waals surface area contributed by atoms with Crippen LogP contribution in [0.5, 0.6) is 5.88 Å². The Morgan fingerprint density at radius 3 is 2.51 bits per heavy atom. The maximum atomic E-state index is 13.0. The third kappa shape index (κ3) is 4.95. The van der Waals surface area contributed by atoms with Crippen molar-refractivity contribution in [2.45, 2.75) is 31.5 Å². The van der Waals surface area contributed by atoms with Crippen molar-refractivity contribution in [1.29, 1.82) is 0 Å². The van der Waals surface area contributed by atoms with E-state index >= 15 is 0 Å². The molecule has 1 aromatic carbocycles. The first-order valence-electron chi connectivity index (χ1n) is 11.4. The Bertz CT molecular complexity index is 1490. The summed E-state index contributed by atoms with van der Waals surface area (Å²) in [5, 5.41) is 3.24. The van der Waals surface area contributed by atoms with Crippen LogP contribution in [-0.2, 0) is 19.8 Å². The summed E-state index contributed by atoms with van der Waals surface area (Å²) < 4.78 is 45.8. The van der Waals surface area contributed by atoms with Gasteiger partial charge in [-0.2, -0.15) is 13.2 Å². The number of halogens is 3. The number of terminal acetylenes is 1. The Morgan fingerprint density at radius 1 is 1.14 bits per heavy atom. The minimum atomic E-state index is -4.50. The molecule has 0 bridgehead atoms. The first-order valence-corrected chi connectivity index (χ1v) is 11.4. The maximum Gasteiger partial charge on any atom is 0.434 e. The van der Waals surface area contributed by atoms with Crippen molar-refractivity contribution in [2.24, 2.45) is 7.05 Å². The van der Waals surface area contributed by atoms with E-state index in [0.29, 0.717) is 46.7 Å². The van der Waals surface area contributed by atoms with Crippen molar-refractivity contribution in [3.8, 4) is 41.0 Å². The second kappa shape index (κ2) is 9.54. The Hall–Kier alpha value is -4.46. The van der Waals surface area contributed by atoms with Gasteiger partial charge in [0.2, 0.25) is 5.88 Å². The highest BCUT2D eigenvalue weighted by Gasteiger charge is 2.34. The van der Waals surface area contributed by atoms with Crippen molar-refractivity contribution in [2.75, 3.05) is 12.4 Å². The van der Waals surface area contributed by atoms with Gasteiger partial charge in [0, 0.05) is 37.5 Å². The third-order valence-electron chi connectivity index (χ3n) is 6.01. The van der Waals surface area contributed by atoms with Crippen molar-refractivity contribution < 1.29 is 17.9 Å². The fourth-order valence-corrected chi connectivity index (χ4v) is 3.98. The largest absolute Gasteiger partial charge is 0.480 e. The molecule has 1 aliphatic carbocycles. The molecule has 3 heterocycles. The molecule has 188 valence electrons. The summed E-state index contributed by atoms with van der Waals surface area (Å²) in [5.41, 5.74) is 2.50. The van der Waals surface area contributed by atoms with E-state index in [0.717, 1.165) is 30.3 Å². The normalized spacial score (nSPS) is 13.3. The van der Waals surface area contributed by atoms with Crippen molar-refractivity contribution in [3.05, 3.63) is 65.5 Å². The van der Waals surface area contributed by atoms with Crippen LogP contribution in [0.3, 0.4) is 0 Å². The number of nitrogens with zero attached hydrogens (tertiary/aromatic N) is 6. The quantitative estimate of drug-likeness (QED) is 0.360. The maximum absolute atomic E-state index is 13.0. The molecule has 8 nitrogen and oxygen atoms in total. The second-order valence-corrected chi connectivity index (χ2v) is 8.63. The number of alkyl halides is 3. The van der Waals surface area contributed by atoms with E-state index in [9.17, 15) is 13.2 Å². The van der Waals surface area contributed by atoms with Crippen LogP contribution in [0.25, 0.3) is 22.8 Å². The lowest BCUT2D eigenvalue weighted by Gasteiger charge is -2.13. The molecule has 3 aromatic heterocycles. The van der Waals surface area contributed by atoms with Crippen LogP contribution < -0.4 is 10.1 Å². The Labute approximate surface area is 211 Å². The highest BCUT2D eigenvalue weighted by Crippen LogP contribution is 2.45. The summed E-state index contributed by atoms with van der Waals surface area (Å²) >= 11 is 0. The Morgan fingerprint density at radius 2 is 1.89 bits per heavy atom. The lowest BCUT2D eigenvalue weighted by molar-refractivity contribution is -0.140. The predicted molar refractivity (Wildman–Crippen MR) is 130 cm³/mol. The number of imidazole rings is 1. The summed E-state index contributed by atoms with van der Waals surface area (Å²) in [4.78, 5) is 21.5. The van der Waals surface area contributed by atoms with Crippen LogP contribution in [0.15, 0.2) is 43.0 Å². The minimum Gasteiger partial charge on any atom is -0.480 e. The molecule has 0 aliphatic heterocycles. The number of benzene rings is 1. The number of aromatic nitrogens is 6. The molecule has 5 rings (SSSR count). The molecule has 1 saturated carbocycles. The summed E-state index contributed by atoms with van der Waals surface area (Å²) in [7, 11) is 3.07. The smallest absolute Gasteiger partial charge is 0.434 e. The van der Waals surface area contributed by atoms with E-state index in [1.54, 1.807) is 30.5 Å². The number of ether oxygens (including phenoxy) is 1. The molecule has 0 unspecified atom stereocenters. The summed E-state index contributed by atoms with van der Waals surface area (Å²) in [6.07, 6.45) is 7.26. The van der Waals surface area contributed by atoms with Gasteiger partial charge < -0.3 is 14.6 Å². The number of anilines is 1. The van der Waals surface area contributed by atoms with Crippen LogP contribution in [0.1, 0.15) is 41.3 Å². The monoisotopic (exact) mass is 505 g/mol. The van der Waals surface area contributed by atoms with Crippen molar-refractivity contribution in [1.82, 2.24) is 29.5 Å². The number of rotatable bonds is 7. The van der Waals surface area contributed by atoms with Crippen LogP contribution in [0.4, 0.5) is 19.0 Å². The molecule has 1 fully saturated rings. The zero-order chi connectivity index (χ0) is 26.2. The number of nitrogens with one attached hydrogen (secondary N) is 1. The first-order chi connectivity index (χ1) is 17.8. The van der Waals surface area contributed by atoms with E-state index in [1.165, 1.54) is 25.1 Å². The molecule has 37 heavy (non-hydrogen) atoms. The first kappa shape index (κ1) is 24.2. The zero-order valence-electron chi connectivity index (χ0n) is 20.0. The molecule has 1 aliphatic rings. The molecule has 0 radical (unpaired) electrons. The van der Waals surface area contributed by atoms with E-state index < -0.39 is 11.9 Å². The number of hydrogen-bond donors (Lipinski definition) is 1. The SMILES string of the molecule is C#Cc1cnc(-c2c(OC)ncnc2C2CC2)nc1NCc1ccc(-c2nc(C(F)(F)F)cn2C)cc1. The van der Waals surface area contributed by atoms with Gasteiger partial charge in [0.05, 0.1) is 18.4 Å². The molecule has 0 atom stereocenters. The second-order valence-electron chi connectivity index (χ2n) is 8.63. The standard InChI is InChI=1S/C26H22F3N7O/c1-4-16-12-31-23(20-21(17-9-10-17)32-14-33-25(20)37-3)35-22(16)30-11-15-5-7-18(8-6-15)24-34-19(13-36(24)2)26(27,28)29/h1,5-8,12-14,17H,9-11H2,2-3H3,(H,30,31,35). The van der Waals surface area contributed by atoms with E-state index in [2.05, 4.69) is 36.2 Å². The Balaban J connectivity index is 1.38. The molecular weight excluding hydrogens is 483 g/mol. The predicted octanol–water partition coefficient (Wildman–Crippen LogP) is 4.83. The van der Waals surface area contributed by atoms with Crippen molar-refractivity contribution in [3.63, 3.8) is 0 Å². The van der Waals surface area contributed by atoms with Gasteiger partial charge in [-0.1, -0.05) is 30.2 Å². The molecule has 4 aromatic rings. The molecule has 0 saturated heterocycles. The van der Waals surface area contributed by atoms with Gasteiger partial charge in [-0.25, -0.2) is 24.9 Å². The molecule has 11 heteroatoms. The van der Waals surface area contributed by atoms with Crippen LogP contribution in [-0.4, -0.2) is 36.6 Å². The highest BCUT2D eigenvalue weighted by molar-refractivity contribution is 5.68. The fourth-order valence-electron chi connectivity index (χ4n) is 3.98. The van der Waals surface area contributed by atoms with E-state index in [-0.39, 0.29) is 5.82 Å². The third-order valence-corrected chi connectivity index (χ3v) is 6.01.